The zero-order valence-corrected chi connectivity index (χ0v) is 12.1. The zero-order valence-electron chi connectivity index (χ0n) is 12.1. The monoisotopic (exact) mass is 249 g/mol. The van der Waals surface area contributed by atoms with Crippen LogP contribution in [0.4, 0.5) is 0 Å². The summed E-state index contributed by atoms with van der Waals surface area (Å²) in [4.78, 5) is 2.51. The lowest BCUT2D eigenvalue weighted by molar-refractivity contribution is 0.219. The van der Waals surface area contributed by atoms with Crippen molar-refractivity contribution >= 4 is 0 Å². The van der Waals surface area contributed by atoms with E-state index in [-0.39, 0.29) is 5.54 Å². The van der Waals surface area contributed by atoms with Gasteiger partial charge in [0.25, 0.3) is 0 Å². The molecule has 0 spiro atoms. The lowest BCUT2D eigenvalue weighted by atomic mass is 9.93. The Balaban J connectivity index is 1.96. The van der Waals surface area contributed by atoms with Gasteiger partial charge in [0, 0.05) is 13.1 Å². The van der Waals surface area contributed by atoms with Crippen LogP contribution in [0.5, 0.6) is 0 Å². The number of nitrogens with one attached hydrogen (secondary N) is 1. The summed E-state index contributed by atoms with van der Waals surface area (Å²) in [6.07, 6.45) is 3.75. The number of nitrogens with zero attached hydrogens (tertiary/aromatic N) is 2. The molecule has 0 amide bonds. The lowest BCUT2D eigenvalue weighted by Gasteiger charge is -2.32. The third kappa shape index (κ3) is 2.87. The Kier molecular flexibility index (Phi) is 4.29. The van der Waals surface area contributed by atoms with Crippen molar-refractivity contribution in [3.05, 3.63) is 0 Å². The molecule has 1 aliphatic heterocycles. The van der Waals surface area contributed by atoms with Crippen LogP contribution in [-0.2, 0) is 0 Å². The van der Waals surface area contributed by atoms with Gasteiger partial charge in [-0.2, -0.15) is 5.26 Å². The summed E-state index contributed by atoms with van der Waals surface area (Å²) in [7, 11) is 0. The van der Waals surface area contributed by atoms with Crippen molar-refractivity contribution in [2.45, 2.75) is 45.6 Å². The van der Waals surface area contributed by atoms with Crippen LogP contribution in [0.3, 0.4) is 0 Å². The molecule has 1 aliphatic carbocycles. The highest BCUT2D eigenvalue weighted by Gasteiger charge is 2.46. The van der Waals surface area contributed by atoms with Crippen molar-refractivity contribution in [2.75, 3.05) is 26.2 Å². The normalized spacial score (nSPS) is 28.3. The minimum absolute atomic E-state index is 0.277. The highest BCUT2D eigenvalue weighted by atomic mass is 15.2. The van der Waals surface area contributed by atoms with Crippen LogP contribution in [-0.4, -0.2) is 36.6 Å². The second kappa shape index (κ2) is 5.59. The number of nitriles is 1. The van der Waals surface area contributed by atoms with Crippen LogP contribution in [0.25, 0.3) is 0 Å². The van der Waals surface area contributed by atoms with Crippen molar-refractivity contribution in [3.8, 4) is 6.07 Å². The van der Waals surface area contributed by atoms with E-state index in [1.807, 2.05) is 0 Å². The second-order valence-corrected chi connectivity index (χ2v) is 6.42. The first kappa shape index (κ1) is 13.8. The quantitative estimate of drug-likeness (QED) is 0.784. The van der Waals surface area contributed by atoms with Crippen LogP contribution < -0.4 is 5.32 Å². The fraction of sp³-hybridized carbons (Fsp3) is 0.933. The van der Waals surface area contributed by atoms with Gasteiger partial charge in [-0.25, -0.2) is 0 Å². The van der Waals surface area contributed by atoms with Crippen LogP contribution in [0.1, 0.15) is 40.0 Å². The average Bonchev–Trinajstić information content (AvgIpc) is 3.09. The van der Waals surface area contributed by atoms with E-state index in [1.165, 1.54) is 32.4 Å². The van der Waals surface area contributed by atoms with E-state index in [0.717, 1.165) is 24.9 Å². The van der Waals surface area contributed by atoms with Gasteiger partial charge < -0.3 is 4.90 Å². The predicted octanol–water partition coefficient (Wildman–Crippen LogP) is 2.25. The zero-order chi connectivity index (χ0) is 13.2. The largest absolute Gasteiger partial charge is 0.300 e. The summed E-state index contributed by atoms with van der Waals surface area (Å²) in [6.45, 7) is 10.9. The average molecular weight is 249 g/mol. The second-order valence-electron chi connectivity index (χ2n) is 6.42. The highest BCUT2D eigenvalue weighted by Crippen LogP contribution is 2.40. The third-order valence-corrected chi connectivity index (χ3v) is 4.69. The molecule has 2 aliphatic rings. The van der Waals surface area contributed by atoms with Crippen LogP contribution in [0, 0.1) is 29.1 Å². The molecular weight excluding hydrogens is 222 g/mol. The van der Waals surface area contributed by atoms with Crippen molar-refractivity contribution in [1.82, 2.24) is 10.2 Å². The first-order valence-corrected chi connectivity index (χ1v) is 7.50. The van der Waals surface area contributed by atoms with Gasteiger partial charge in [-0.3, -0.25) is 5.32 Å². The van der Waals surface area contributed by atoms with Gasteiger partial charge in [0.05, 0.1) is 6.07 Å². The third-order valence-electron chi connectivity index (χ3n) is 4.69. The van der Waals surface area contributed by atoms with Crippen LogP contribution >= 0.6 is 0 Å². The van der Waals surface area contributed by atoms with E-state index in [9.17, 15) is 5.26 Å². The van der Waals surface area contributed by atoms with Crippen LogP contribution in [0.2, 0.25) is 0 Å². The summed E-state index contributed by atoms with van der Waals surface area (Å²) in [6, 6.07) is 2.60. The van der Waals surface area contributed by atoms with Crippen LogP contribution in [0.15, 0.2) is 0 Å². The standard InChI is InChI=1S/C15H27N3/c1-4-17-15(10-16,14-5-6-14)11-18-8-7-13(9-18)12(2)3/h12-14,17H,4-9,11H2,1-3H3. The number of hydrogen-bond donors (Lipinski definition) is 1. The molecule has 102 valence electrons. The SMILES string of the molecule is CCNC(C#N)(CN1CCC(C(C)C)C1)C1CC1. The van der Waals surface area contributed by atoms with Crippen molar-refractivity contribution < 1.29 is 0 Å². The van der Waals surface area contributed by atoms with Gasteiger partial charge in [0.2, 0.25) is 0 Å². The highest BCUT2D eigenvalue weighted by molar-refractivity contribution is 5.17. The number of rotatable bonds is 6. The maximum Gasteiger partial charge on any atom is 0.122 e. The maximum absolute atomic E-state index is 9.61. The molecule has 0 bridgehead atoms. The minimum atomic E-state index is -0.277. The molecule has 0 aromatic heterocycles. The Labute approximate surface area is 112 Å². The fourth-order valence-electron chi connectivity index (χ4n) is 3.29. The molecule has 1 N–H and O–H groups in total. The van der Waals surface area contributed by atoms with Gasteiger partial charge in [-0.1, -0.05) is 20.8 Å². The van der Waals surface area contributed by atoms with Gasteiger partial charge in [-0.15, -0.1) is 0 Å². The smallest absolute Gasteiger partial charge is 0.122 e. The van der Waals surface area contributed by atoms with Crippen molar-refractivity contribution in [3.63, 3.8) is 0 Å². The molecule has 1 saturated heterocycles. The Morgan fingerprint density at radius 2 is 2.11 bits per heavy atom. The number of likely N-dealkylation sites (tertiary alicyclic amines) is 1. The Bertz CT molecular complexity index is 316. The summed E-state index contributed by atoms with van der Waals surface area (Å²) in [5, 5.41) is 13.1. The molecule has 0 radical (unpaired) electrons. The van der Waals surface area contributed by atoms with Gasteiger partial charge in [-0.05, 0) is 50.1 Å². The van der Waals surface area contributed by atoms with E-state index in [0.29, 0.717) is 5.92 Å². The van der Waals surface area contributed by atoms with Crippen molar-refractivity contribution in [2.24, 2.45) is 17.8 Å². The topological polar surface area (TPSA) is 39.1 Å². The summed E-state index contributed by atoms with van der Waals surface area (Å²) in [5.74, 6) is 2.18. The Hall–Kier alpha value is -0.590. The summed E-state index contributed by atoms with van der Waals surface area (Å²) >= 11 is 0. The Morgan fingerprint density at radius 3 is 2.56 bits per heavy atom. The lowest BCUT2D eigenvalue weighted by Crippen LogP contribution is -2.54. The molecule has 2 atom stereocenters. The van der Waals surface area contributed by atoms with E-state index < -0.39 is 0 Å². The van der Waals surface area contributed by atoms with Crippen molar-refractivity contribution in [1.29, 1.82) is 5.26 Å². The molecular formula is C15H27N3. The fourth-order valence-corrected chi connectivity index (χ4v) is 3.29. The van der Waals surface area contributed by atoms with E-state index in [1.54, 1.807) is 0 Å². The first-order chi connectivity index (χ1) is 8.61. The Morgan fingerprint density at radius 1 is 1.39 bits per heavy atom. The molecule has 3 heteroatoms. The molecule has 1 heterocycles. The summed E-state index contributed by atoms with van der Waals surface area (Å²) < 4.78 is 0. The van der Waals surface area contributed by atoms with Gasteiger partial charge in [0.15, 0.2) is 0 Å². The molecule has 2 fully saturated rings. The summed E-state index contributed by atoms with van der Waals surface area (Å²) in [5.41, 5.74) is -0.277. The van der Waals surface area contributed by atoms with Gasteiger partial charge >= 0.3 is 0 Å². The minimum Gasteiger partial charge on any atom is -0.300 e. The molecule has 2 rings (SSSR count). The van der Waals surface area contributed by atoms with E-state index in [4.69, 9.17) is 0 Å². The van der Waals surface area contributed by atoms with Gasteiger partial charge in [0.1, 0.15) is 5.54 Å². The predicted molar refractivity (Wildman–Crippen MR) is 74.1 cm³/mol. The molecule has 3 nitrogen and oxygen atoms in total. The van der Waals surface area contributed by atoms with E-state index >= 15 is 0 Å². The molecule has 0 aromatic rings. The van der Waals surface area contributed by atoms with E-state index in [2.05, 4.69) is 37.1 Å². The molecule has 0 aromatic carbocycles. The number of hydrogen-bond acceptors (Lipinski definition) is 3. The molecule has 18 heavy (non-hydrogen) atoms. The molecule has 2 unspecified atom stereocenters. The number of likely N-dealkylation sites (N-methyl/N-ethyl adjacent to an activating group) is 1. The molecule has 1 saturated carbocycles. The first-order valence-electron chi connectivity index (χ1n) is 7.50. The maximum atomic E-state index is 9.61.